The number of para-hydroxylation sites is 1. The Hall–Kier alpha value is -1.38. The topological polar surface area (TPSA) is 73.7 Å². The summed E-state index contributed by atoms with van der Waals surface area (Å²) in [6, 6.07) is 11.1. The number of carbonyl (C=O) groups is 1. The summed E-state index contributed by atoms with van der Waals surface area (Å²) in [4.78, 5) is 11.7. The van der Waals surface area contributed by atoms with E-state index in [0.29, 0.717) is 14.5 Å². The van der Waals surface area contributed by atoms with E-state index >= 15 is 0 Å². The molecule has 0 saturated carbocycles. The summed E-state index contributed by atoms with van der Waals surface area (Å²) in [6.45, 7) is 0.106. The molecule has 0 heterocycles. The summed E-state index contributed by atoms with van der Waals surface area (Å²) in [5.41, 5.74) is 3.89. The van der Waals surface area contributed by atoms with Gasteiger partial charge in [-0.25, -0.2) is 5.43 Å². The summed E-state index contributed by atoms with van der Waals surface area (Å²) in [5.74, 6) is -0.217. The van der Waals surface area contributed by atoms with Crippen molar-refractivity contribution in [2.45, 2.75) is 0 Å². The molecule has 0 aliphatic heterocycles. The van der Waals surface area contributed by atoms with Crippen molar-refractivity contribution in [2.24, 2.45) is 5.10 Å². The van der Waals surface area contributed by atoms with Gasteiger partial charge in [0.15, 0.2) is 0 Å². The maximum Gasteiger partial charge on any atom is 0.259 e. The fraction of sp³-hybridized carbons (Fsp3) is 0.0667. The Balaban J connectivity index is 1.94. The number of hydrazone groups is 1. The van der Waals surface area contributed by atoms with Gasteiger partial charge in [0.05, 0.1) is 21.7 Å². The highest BCUT2D eigenvalue weighted by Crippen LogP contribution is 2.38. The van der Waals surface area contributed by atoms with Crippen LogP contribution in [0.1, 0.15) is 5.56 Å². The van der Waals surface area contributed by atoms with Gasteiger partial charge in [0.2, 0.25) is 0 Å². The van der Waals surface area contributed by atoms with Gasteiger partial charge < -0.3 is 10.4 Å². The van der Waals surface area contributed by atoms with Gasteiger partial charge in [0, 0.05) is 15.7 Å². The SMILES string of the molecule is O=C(CNc1ccccc1)N/N=C\c1c(Br)cc(Br)c(O)c1Br. The third-order valence-corrected chi connectivity index (χ3v) is 4.85. The molecular weight excluding hydrogens is 494 g/mol. The molecule has 0 aromatic heterocycles. The van der Waals surface area contributed by atoms with Crippen LogP contribution in [0.15, 0.2) is 54.9 Å². The largest absolute Gasteiger partial charge is 0.506 e. The Kier molecular flexibility index (Phi) is 6.61. The maximum absolute atomic E-state index is 11.7. The minimum atomic E-state index is -0.279. The summed E-state index contributed by atoms with van der Waals surface area (Å²) >= 11 is 9.89. The van der Waals surface area contributed by atoms with Crippen LogP contribution in [0, 0.1) is 0 Å². The lowest BCUT2D eigenvalue weighted by Gasteiger charge is -2.07. The van der Waals surface area contributed by atoms with Crippen molar-refractivity contribution in [1.29, 1.82) is 0 Å². The van der Waals surface area contributed by atoms with Crippen molar-refractivity contribution in [3.8, 4) is 5.75 Å². The van der Waals surface area contributed by atoms with Crippen molar-refractivity contribution in [3.05, 3.63) is 55.4 Å². The maximum atomic E-state index is 11.7. The molecular formula is C15H12Br3N3O2. The molecule has 0 radical (unpaired) electrons. The van der Waals surface area contributed by atoms with E-state index in [9.17, 15) is 9.90 Å². The van der Waals surface area contributed by atoms with Crippen molar-refractivity contribution >= 4 is 65.6 Å². The van der Waals surface area contributed by atoms with E-state index in [0.717, 1.165) is 10.2 Å². The number of phenols is 1. The molecule has 8 heteroatoms. The average molecular weight is 506 g/mol. The molecule has 1 amide bonds. The van der Waals surface area contributed by atoms with Crippen LogP contribution in [0.4, 0.5) is 5.69 Å². The predicted octanol–water partition coefficient (Wildman–Crippen LogP) is 4.24. The van der Waals surface area contributed by atoms with E-state index in [1.54, 1.807) is 6.07 Å². The monoisotopic (exact) mass is 503 g/mol. The lowest BCUT2D eigenvalue weighted by Crippen LogP contribution is -2.25. The summed E-state index contributed by atoms with van der Waals surface area (Å²) < 4.78 is 1.73. The summed E-state index contributed by atoms with van der Waals surface area (Å²) in [6.07, 6.45) is 1.45. The van der Waals surface area contributed by atoms with Crippen molar-refractivity contribution in [2.75, 3.05) is 11.9 Å². The Morgan fingerprint density at radius 2 is 1.87 bits per heavy atom. The Labute approximate surface area is 158 Å². The molecule has 23 heavy (non-hydrogen) atoms. The van der Waals surface area contributed by atoms with Gasteiger partial charge in [-0.15, -0.1) is 0 Å². The zero-order chi connectivity index (χ0) is 16.8. The zero-order valence-electron chi connectivity index (χ0n) is 11.7. The van der Waals surface area contributed by atoms with Crippen LogP contribution in [-0.4, -0.2) is 23.8 Å². The van der Waals surface area contributed by atoms with E-state index in [4.69, 9.17) is 0 Å². The number of aromatic hydroxyl groups is 1. The Morgan fingerprint density at radius 3 is 2.57 bits per heavy atom. The standard InChI is InChI=1S/C15H12Br3N3O2/c16-11-6-12(17)15(23)14(18)10(11)7-20-21-13(22)8-19-9-4-2-1-3-5-9/h1-7,19,23H,8H2,(H,21,22)/b20-7-. The Morgan fingerprint density at radius 1 is 1.17 bits per heavy atom. The fourth-order valence-electron chi connectivity index (χ4n) is 1.66. The molecule has 3 N–H and O–H groups in total. The van der Waals surface area contributed by atoms with Crippen molar-refractivity contribution in [1.82, 2.24) is 5.43 Å². The minimum absolute atomic E-state index is 0.0618. The van der Waals surface area contributed by atoms with Gasteiger partial charge in [0.25, 0.3) is 5.91 Å². The zero-order valence-corrected chi connectivity index (χ0v) is 16.4. The lowest BCUT2D eigenvalue weighted by molar-refractivity contribution is -0.119. The fourth-order valence-corrected chi connectivity index (χ4v) is 3.99. The number of amides is 1. The van der Waals surface area contributed by atoms with Gasteiger partial charge in [0.1, 0.15) is 5.75 Å². The number of anilines is 1. The highest BCUT2D eigenvalue weighted by atomic mass is 79.9. The van der Waals surface area contributed by atoms with Gasteiger partial charge in [-0.05, 0) is 50.1 Å². The van der Waals surface area contributed by atoms with Gasteiger partial charge in [-0.1, -0.05) is 34.1 Å². The molecule has 0 atom stereocenters. The molecule has 2 aromatic rings. The van der Waals surface area contributed by atoms with Crippen LogP contribution in [0.25, 0.3) is 0 Å². The second-order valence-electron chi connectivity index (χ2n) is 4.43. The number of phenolic OH excluding ortho intramolecular Hbond substituents is 1. The number of hydrogen-bond acceptors (Lipinski definition) is 4. The van der Waals surface area contributed by atoms with E-state index in [-0.39, 0.29) is 18.2 Å². The Bertz CT molecular complexity index is 736. The third-order valence-electron chi connectivity index (χ3n) is 2.79. The molecule has 5 nitrogen and oxygen atoms in total. The molecule has 0 unspecified atom stereocenters. The highest BCUT2D eigenvalue weighted by molar-refractivity contribution is 9.11. The first-order valence-corrected chi connectivity index (χ1v) is 8.84. The van der Waals surface area contributed by atoms with Crippen LogP contribution >= 0.6 is 47.8 Å². The first kappa shape index (κ1) is 18.0. The van der Waals surface area contributed by atoms with Crippen LogP contribution in [-0.2, 0) is 4.79 Å². The van der Waals surface area contributed by atoms with E-state index < -0.39 is 0 Å². The van der Waals surface area contributed by atoms with Gasteiger partial charge in [-0.3, -0.25) is 4.79 Å². The molecule has 120 valence electrons. The molecule has 0 saturated heterocycles. The number of nitrogens with one attached hydrogen (secondary N) is 2. The summed E-state index contributed by atoms with van der Waals surface area (Å²) in [5, 5.41) is 16.7. The number of halogens is 3. The van der Waals surface area contributed by atoms with E-state index in [1.165, 1.54) is 6.21 Å². The van der Waals surface area contributed by atoms with E-state index in [1.807, 2.05) is 30.3 Å². The number of rotatable bonds is 5. The van der Waals surface area contributed by atoms with Crippen LogP contribution in [0.5, 0.6) is 5.75 Å². The number of benzene rings is 2. The predicted molar refractivity (Wildman–Crippen MR) is 102 cm³/mol. The molecule has 0 bridgehead atoms. The smallest absolute Gasteiger partial charge is 0.259 e. The third kappa shape index (κ3) is 5.05. The quantitative estimate of drug-likeness (QED) is 0.420. The van der Waals surface area contributed by atoms with Gasteiger partial charge >= 0.3 is 0 Å². The van der Waals surface area contributed by atoms with Crippen molar-refractivity contribution < 1.29 is 9.90 Å². The molecule has 0 fully saturated rings. The number of hydrogen-bond donors (Lipinski definition) is 3. The van der Waals surface area contributed by atoms with Gasteiger partial charge in [-0.2, -0.15) is 5.10 Å². The van der Waals surface area contributed by atoms with Crippen LogP contribution in [0.2, 0.25) is 0 Å². The molecule has 0 aliphatic carbocycles. The number of carbonyl (C=O) groups excluding carboxylic acids is 1. The molecule has 2 aromatic carbocycles. The minimum Gasteiger partial charge on any atom is -0.506 e. The normalized spacial score (nSPS) is 10.7. The second kappa shape index (κ2) is 8.47. The second-order valence-corrected chi connectivity index (χ2v) is 6.93. The summed E-state index contributed by atoms with van der Waals surface area (Å²) in [7, 11) is 0. The van der Waals surface area contributed by atoms with Crippen molar-refractivity contribution in [3.63, 3.8) is 0 Å². The van der Waals surface area contributed by atoms with Crippen LogP contribution in [0.3, 0.4) is 0 Å². The highest BCUT2D eigenvalue weighted by Gasteiger charge is 2.12. The molecule has 2 rings (SSSR count). The first-order chi connectivity index (χ1) is 11.0. The first-order valence-electron chi connectivity index (χ1n) is 6.46. The lowest BCUT2D eigenvalue weighted by atomic mass is 10.2. The van der Waals surface area contributed by atoms with Crippen LogP contribution < -0.4 is 10.7 Å². The van der Waals surface area contributed by atoms with E-state index in [2.05, 4.69) is 63.6 Å². The average Bonchev–Trinajstić information content (AvgIpc) is 2.55. The number of nitrogens with zero attached hydrogens (tertiary/aromatic N) is 1. The molecule has 0 spiro atoms. The molecule has 0 aliphatic rings.